The van der Waals surface area contributed by atoms with Gasteiger partial charge in [0.05, 0.1) is 16.6 Å². The molecule has 0 atom stereocenters. The summed E-state index contributed by atoms with van der Waals surface area (Å²) in [5.74, 6) is 0.126. The van der Waals surface area contributed by atoms with E-state index in [1.54, 1.807) is 0 Å². The minimum atomic E-state index is -2.60. The Balaban J connectivity index is 2.53. The molecule has 16 heavy (non-hydrogen) atoms. The van der Waals surface area contributed by atoms with Crippen molar-refractivity contribution in [2.75, 3.05) is 11.9 Å². The van der Waals surface area contributed by atoms with Crippen LogP contribution in [0.15, 0.2) is 12.3 Å². The van der Waals surface area contributed by atoms with E-state index in [-0.39, 0.29) is 15.9 Å². The van der Waals surface area contributed by atoms with Gasteiger partial charge >= 0.3 is 6.03 Å². The number of hydrogen-bond acceptors (Lipinski definition) is 2. The average molecular weight is 270 g/mol. The van der Waals surface area contributed by atoms with Gasteiger partial charge in [0.2, 0.25) is 0 Å². The largest absolute Gasteiger partial charge is 0.332 e. The first-order valence-corrected chi connectivity index (χ1v) is 4.88. The molecule has 0 radical (unpaired) electrons. The Labute approximate surface area is 99.9 Å². The first-order valence-electron chi connectivity index (χ1n) is 4.13. The highest BCUT2D eigenvalue weighted by molar-refractivity contribution is 6.42. The average Bonchev–Trinajstić information content (AvgIpc) is 2.21. The van der Waals surface area contributed by atoms with Gasteiger partial charge in [-0.25, -0.2) is 18.6 Å². The number of carbonyl (C=O) groups is 1. The standard InChI is InChI=1S/C8H7Cl2F2N3O/c9-4-1-7(13-2-5(4)10)15-8(16)14-3-6(11)12/h1-2,6H,3H2,(H2,13,14,15,16). The number of carbonyl (C=O) groups excluding carboxylic acids is 1. The zero-order valence-corrected chi connectivity index (χ0v) is 9.32. The lowest BCUT2D eigenvalue weighted by Gasteiger charge is -2.06. The Morgan fingerprint density at radius 1 is 1.44 bits per heavy atom. The van der Waals surface area contributed by atoms with Crippen LogP contribution in [0.3, 0.4) is 0 Å². The lowest BCUT2D eigenvalue weighted by Crippen LogP contribution is -2.32. The van der Waals surface area contributed by atoms with Crippen LogP contribution in [0.2, 0.25) is 10.0 Å². The molecule has 8 heteroatoms. The molecule has 0 aromatic carbocycles. The van der Waals surface area contributed by atoms with Gasteiger partial charge in [-0.3, -0.25) is 5.32 Å². The Morgan fingerprint density at radius 3 is 2.69 bits per heavy atom. The summed E-state index contributed by atoms with van der Waals surface area (Å²) in [5, 5.41) is 4.62. The van der Waals surface area contributed by atoms with Crippen LogP contribution in [0.1, 0.15) is 0 Å². The van der Waals surface area contributed by atoms with Crippen molar-refractivity contribution in [3.63, 3.8) is 0 Å². The van der Waals surface area contributed by atoms with Gasteiger partial charge in [-0.05, 0) is 0 Å². The van der Waals surface area contributed by atoms with E-state index < -0.39 is 19.0 Å². The fraction of sp³-hybridized carbons (Fsp3) is 0.250. The predicted molar refractivity (Wildman–Crippen MR) is 57.3 cm³/mol. The second-order valence-electron chi connectivity index (χ2n) is 2.71. The fourth-order valence-corrected chi connectivity index (χ4v) is 1.07. The molecule has 88 valence electrons. The third kappa shape index (κ3) is 4.16. The van der Waals surface area contributed by atoms with E-state index in [4.69, 9.17) is 23.2 Å². The molecule has 0 saturated carbocycles. The van der Waals surface area contributed by atoms with Crippen LogP contribution in [-0.2, 0) is 0 Å². The highest BCUT2D eigenvalue weighted by Crippen LogP contribution is 2.22. The maximum Gasteiger partial charge on any atom is 0.320 e. The molecule has 1 rings (SSSR count). The second kappa shape index (κ2) is 5.81. The molecule has 0 aliphatic heterocycles. The van der Waals surface area contributed by atoms with Gasteiger partial charge < -0.3 is 5.32 Å². The van der Waals surface area contributed by atoms with Crippen LogP contribution >= 0.6 is 23.2 Å². The molecule has 2 amide bonds. The monoisotopic (exact) mass is 269 g/mol. The highest BCUT2D eigenvalue weighted by Gasteiger charge is 2.07. The molecule has 1 aromatic rings. The zero-order valence-electron chi connectivity index (χ0n) is 7.81. The minimum Gasteiger partial charge on any atom is -0.332 e. The van der Waals surface area contributed by atoms with E-state index in [1.165, 1.54) is 12.3 Å². The number of rotatable bonds is 3. The van der Waals surface area contributed by atoms with Crippen molar-refractivity contribution in [2.45, 2.75) is 6.43 Å². The summed E-state index contributed by atoms with van der Waals surface area (Å²) >= 11 is 11.3. The van der Waals surface area contributed by atoms with Gasteiger partial charge in [-0.2, -0.15) is 0 Å². The van der Waals surface area contributed by atoms with Crippen molar-refractivity contribution in [3.8, 4) is 0 Å². The summed E-state index contributed by atoms with van der Waals surface area (Å²) < 4.78 is 23.5. The second-order valence-corrected chi connectivity index (χ2v) is 3.52. The van der Waals surface area contributed by atoms with Crippen LogP contribution in [0.4, 0.5) is 19.4 Å². The van der Waals surface area contributed by atoms with Crippen LogP contribution in [0.25, 0.3) is 0 Å². The molecule has 0 saturated heterocycles. The molecule has 1 heterocycles. The molecule has 0 aliphatic carbocycles. The van der Waals surface area contributed by atoms with Gasteiger partial charge in [0, 0.05) is 12.3 Å². The number of pyridine rings is 1. The Bertz CT molecular complexity index is 390. The number of alkyl halides is 2. The molecule has 0 spiro atoms. The summed E-state index contributed by atoms with van der Waals surface area (Å²) in [6, 6.07) is 0.525. The van der Waals surface area contributed by atoms with Crippen LogP contribution < -0.4 is 10.6 Å². The molecule has 0 aliphatic rings. The van der Waals surface area contributed by atoms with Crippen LogP contribution in [0.5, 0.6) is 0 Å². The fourth-order valence-electron chi connectivity index (χ4n) is 0.813. The Hall–Kier alpha value is -1.14. The van der Waals surface area contributed by atoms with Crippen molar-refractivity contribution in [1.29, 1.82) is 0 Å². The summed E-state index contributed by atoms with van der Waals surface area (Å²) in [5.41, 5.74) is 0. The molecule has 2 N–H and O–H groups in total. The highest BCUT2D eigenvalue weighted by atomic mass is 35.5. The van der Waals surface area contributed by atoms with Gasteiger partial charge in [0.25, 0.3) is 6.43 Å². The molecule has 1 aromatic heterocycles. The lowest BCUT2D eigenvalue weighted by atomic mass is 10.4. The summed E-state index contributed by atoms with van der Waals surface area (Å²) in [7, 11) is 0. The van der Waals surface area contributed by atoms with Crippen molar-refractivity contribution in [3.05, 3.63) is 22.3 Å². The quantitative estimate of drug-likeness (QED) is 0.887. The minimum absolute atomic E-state index is 0.126. The summed E-state index contributed by atoms with van der Waals surface area (Å²) in [4.78, 5) is 14.8. The molecule has 0 bridgehead atoms. The third-order valence-electron chi connectivity index (χ3n) is 1.47. The van der Waals surface area contributed by atoms with Crippen molar-refractivity contribution < 1.29 is 13.6 Å². The topological polar surface area (TPSA) is 54.0 Å². The Kier molecular flexibility index (Phi) is 4.70. The first kappa shape index (κ1) is 12.9. The molecular formula is C8H7Cl2F2N3O. The smallest absolute Gasteiger partial charge is 0.320 e. The summed E-state index contributed by atoms with van der Waals surface area (Å²) in [6.45, 7) is -0.729. The Morgan fingerprint density at radius 2 is 2.12 bits per heavy atom. The number of urea groups is 1. The number of nitrogens with one attached hydrogen (secondary N) is 2. The first-order chi connectivity index (χ1) is 7.49. The molecule has 4 nitrogen and oxygen atoms in total. The normalized spacial score (nSPS) is 10.3. The van der Waals surface area contributed by atoms with E-state index in [0.717, 1.165) is 0 Å². The predicted octanol–water partition coefficient (Wildman–Crippen LogP) is 2.78. The van der Waals surface area contributed by atoms with Crippen molar-refractivity contribution >= 4 is 35.1 Å². The van der Waals surface area contributed by atoms with Crippen LogP contribution in [-0.4, -0.2) is 24.0 Å². The zero-order chi connectivity index (χ0) is 12.1. The van der Waals surface area contributed by atoms with E-state index in [0.29, 0.717) is 0 Å². The summed E-state index contributed by atoms with van der Waals surface area (Å²) in [6.07, 6.45) is -1.36. The van der Waals surface area contributed by atoms with Crippen molar-refractivity contribution in [2.24, 2.45) is 0 Å². The molecular weight excluding hydrogens is 263 g/mol. The van der Waals surface area contributed by atoms with E-state index in [9.17, 15) is 13.6 Å². The van der Waals surface area contributed by atoms with E-state index in [1.807, 2.05) is 5.32 Å². The number of hydrogen-bond donors (Lipinski definition) is 2. The van der Waals surface area contributed by atoms with E-state index >= 15 is 0 Å². The van der Waals surface area contributed by atoms with Gasteiger partial charge in [0.15, 0.2) is 0 Å². The van der Waals surface area contributed by atoms with Gasteiger partial charge in [-0.1, -0.05) is 23.2 Å². The van der Waals surface area contributed by atoms with E-state index in [2.05, 4.69) is 10.3 Å². The van der Waals surface area contributed by atoms with Gasteiger partial charge in [-0.15, -0.1) is 0 Å². The third-order valence-corrected chi connectivity index (χ3v) is 2.18. The van der Waals surface area contributed by atoms with Crippen LogP contribution in [0, 0.1) is 0 Å². The maximum absolute atomic E-state index is 11.8. The molecule has 0 unspecified atom stereocenters. The number of halogens is 4. The van der Waals surface area contributed by atoms with Crippen molar-refractivity contribution in [1.82, 2.24) is 10.3 Å². The number of anilines is 1. The lowest BCUT2D eigenvalue weighted by molar-refractivity contribution is 0.148. The SMILES string of the molecule is O=C(NCC(F)F)Nc1cc(Cl)c(Cl)cn1. The number of aromatic nitrogens is 1. The maximum atomic E-state index is 11.8. The molecule has 0 fully saturated rings. The number of amides is 2. The number of nitrogens with zero attached hydrogens (tertiary/aromatic N) is 1. The van der Waals surface area contributed by atoms with Gasteiger partial charge in [0.1, 0.15) is 5.82 Å².